The van der Waals surface area contributed by atoms with E-state index in [-0.39, 0.29) is 16.0 Å². The number of hydrogen-bond acceptors (Lipinski definition) is 2. The molecular formula is C12H13BrO2. The molecule has 0 spiro atoms. The molecule has 0 amide bonds. The van der Waals surface area contributed by atoms with Crippen molar-refractivity contribution in [1.82, 2.24) is 0 Å². The Hall–Kier alpha value is -0.830. The lowest BCUT2D eigenvalue weighted by Gasteiger charge is -2.22. The van der Waals surface area contributed by atoms with Gasteiger partial charge in [0.05, 0.1) is 11.9 Å². The molecule has 15 heavy (non-hydrogen) atoms. The van der Waals surface area contributed by atoms with Crippen molar-refractivity contribution in [1.29, 1.82) is 0 Å². The third kappa shape index (κ3) is 1.41. The lowest BCUT2D eigenvalue weighted by molar-refractivity contribution is 0.0989. The SMILES string of the molecule is COc1ccc2c(c1)C(C)(C)C(Br)C2=O. The highest BCUT2D eigenvalue weighted by molar-refractivity contribution is 9.10. The second kappa shape index (κ2) is 3.34. The standard InChI is InChI=1S/C12H13BrO2/c1-12(2)9-6-7(15-3)4-5-8(9)10(14)11(12)13/h4-6,11H,1-3H3. The summed E-state index contributed by atoms with van der Waals surface area (Å²) in [4.78, 5) is 11.8. The summed E-state index contributed by atoms with van der Waals surface area (Å²) in [7, 11) is 1.64. The maximum atomic E-state index is 11.9. The molecule has 1 aliphatic carbocycles. The van der Waals surface area contributed by atoms with Crippen LogP contribution in [0.15, 0.2) is 18.2 Å². The van der Waals surface area contributed by atoms with Crippen LogP contribution in [-0.2, 0) is 5.41 Å². The Kier molecular flexibility index (Phi) is 2.38. The molecule has 1 unspecified atom stereocenters. The fraction of sp³-hybridized carbons (Fsp3) is 0.417. The van der Waals surface area contributed by atoms with Crippen molar-refractivity contribution in [2.24, 2.45) is 0 Å². The molecule has 0 aliphatic heterocycles. The Balaban J connectivity index is 2.62. The number of ether oxygens (including phenoxy) is 1. The predicted octanol–water partition coefficient (Wildman–Crippen LogP) is 2.93. The maximum Gasteiger partial charge on any atom is 0.177 e. The predicted molar refractivity (Wildman–Crippen MR) is 63.1 cm³/mol. The van der Waals surface area contributed by atoms with Crippen LogP contribution in [0.3, 0.4) is 0 Å². The van der Waals surface area contributed by atoms with Crippen LogP contribution in [0.5, 0.6) is 5.75 Å². The Bertz CT molecular complexity index is 424. The summed E-state index contributed by atoms with van der Waals surface area (Å²) >= 11 is 3.46. The first-order valence-corrected chi connectivity index (χ1v) is 5.77. The van der Waals surface area contributed by atoms with Crippen LogP contribution in [0.1, 0.15) is 29.8 Å². The van der Waals surface area contributed by atoms with Gasteiger partial charge in [-0.3, -0.25) is 4.79 Å². The number of alkyl halides is 1. The van der Waals surface area contributed by atoms with Gasteiger partial charge < -0.3 is 4.74 Å². The Morgan fingerprint density at radius 2 is 2.07 bits per heavy atom. The van der Waals surface area contributed by atoms with Crippen LogP contribution < -0.4 is 4.74 Å². The van der Waals surface area contributed by atoms with Crippen LogP contribution in [0.2, 0.25) is 0 Å². The van der Waals surface area contributed by atoms with E-state index in [0.29, 0.717) is 0 Å². The zero-order chi connectivity index (χ0) is 11.2. The molecule has 2 rings (SSSR count). The van der Waals surface area contributed by atoms with E-state index < -0.39 is 0 Å². The molecule has 1 aliphatic rings. The van der Waals surface area contributed by atoms with Crippen molar-refractivity contribution < 1.29 is 9.53 Å². The summed E-state index contributed by atoms with van der Waals surface area (Å²) in [6.45, 7) is 4.13. The van der Waals surface area contributed by atoms with Gasteiger partial charge >= 0.3 is 0 Å². The normalized spacial score (nSPS) is 22.7. The zero-order valence-electron chi connectivity index (χ0n) is 9.00. The van der Waals surface area contributed by atoms with Crippen LogP contribution in [0.4, 0.5) is 0 Å². The molecule has 0 fully saturated rings. The molecule has 0 saturated carbocycles. The largest absolute Gasteiger partial charge is 0.497 e. The molecule has 0 saturated heterocycles. The summed E-state index contributed by atoms with van der Waals surface area (Å²) < 4.78 is 5.18. The van der Waals surface area contributed by atoms with Gasteiger partial charge in [-0.2, -0.15) is 0 Å². The van der Waals surface area contributed by atoms with Crippen molar-refractivity contribution in [3.63, 3.8) is 0 Å². The fourth-order valence-corrected chi connectivity index (χ4v) is 2.49. The smallest absolute Gasteiger partial charge is 0.177 e. The monoisotopic (exact) mass is 268 g/mol. The van der Waals surface area contributed by atoms with E-state index in [1.54, 1.807) is 7.11 Å². The van der Waals surface area contributed by atoms with E-state index in [9.17, 15) is 4.79 Å². The number of ketones is 1. The van der Waals surface area contributed by atoms with Gasteiger partial charge in [-0.25, -0.2) is 0 Å². The summed E-state index contributed by atoms with van der Waals surface area (Å²) in [6, 6.07) is 5.63. The summed E-state index contributed by atoms with van der Waals surface area (Å²) in [5, 5.41) is 0. The van der Waals surface area contributed by atoms with Crippen LogP contribution in [-0.4, -0.2) is 17.7 Å². The second-order valence-corrected chi connectivity index (χ2v) is 5.28. The lowest BCUT2D eigenvalue weighted by Crippen LogP contribution is -2.26. The molecule has 0 bridgehead atoms. The summed E-state index contributed by atoms with van der Waals surface area (Å²) in [6.07, 6.45) is 0. The highest BCUT2D eigenvalue weighted by Gasteiger charge is 2.44. The molecular weight excluding hydrogens is 256 g/mol. The third-order valence-corrected chi connectivity index (χ3v) is 4.61. The van der Waals surface area contributed by atoms with E-state index in [1.807, 2.05) is 18.2 Å². The number of methoxy groups -OCH3 is 1. The molecule has 1 atom stereocenters. The first-order chi connectivity index (χ1) is 6.98. The number of carbonyl (C=O) groups is 1. The number of carbonyl (C=O) groups excluding carboxylic acids is 1. The summed E-state index contributed by atoms with van der Waals surface area (Å²) in [5.41, 5.74) is 1.71. The van der Waals surface area contributed by atoms with E-state index in [1.165, 1.54) is 0 Å². The average Bonchev–Trinajstić information content (AvgIpc) is 2.40. The van der Waals surface area contributed by atoms with Gasteiger partial charge in [0.1, 0.15) is 5.75 Å². The van der Waals surface area contributed by atoms with Crippen molar-refractivity contribution in [3.05, 3.63) is 29.3 Å². The van der Waals surface area contributed by atoms with Crippen molar-refractivity contribution >= 4 is 21.7 Å². The third-order valence-electron chi connectivity index (χ3n) is 3.05. The molecule has 0 N–H and O–H groups in total. The van der Waals surface area contributed by atoms with E-state index >= 15 is 0 Å². The minimum atomic E-state index is -0.166. The molecule has 0 aromatic heterocycles. The number of benzene rings is 1. The van der Waals surface area contributed by atoms with Gasteiger partial charge in [0.2, 0.25) is 0 Å². The van der Waals surface area contributed by atoms with Crippen LogP contribution >= 0.6 is 15.9 Å². The Morgan fingerprint density at radius 3 is 2.67 bits per heavy atom. The van der Waals surface area contributed by atoms with Gasteiger partial charge in [-0.1, -0.05) is 29.8 Å². The molecule has 1 aromatic rings. The minimum absolute atomic E-state index is 0.132. The van der Waals surface area contributed by atoms with E-state index in [0.717, 1.165) is 16.9 Å². The number of rotatable bonds is 1. The van der Waals surface area contributed by atoms with E-state index in [2.05, 4.69) is 29.8 Å². The van der Waals surface area contributed by atoms with Crippen LogP contribution in [0, 0.1) is 0 Å². The van der Waals surface area contributed by atoms with E-state index in [4.69, 9.17) is 4.74 Å². The number of Topliss-reactive ketones (excluding diaryl/α,β-unsaturated/α-hetero) is 1. The van der Waals surface area contributed by atoms with Crippen molar-refractivity contribution in [2.45, 2.75) is 24.1 Å². The van der Waals surface area contributed by atoms with Crippen molar-refractivity contribution in [3.8, 4) is 5.75 Å². The molecule has 0 radical (unpaired) electrons. The first-order valence-electron chi connectivity index (χ1n) is 4.85. The molecule has 0 heterocycles. The average molecular weight is 269 g/mol. The van der Waals surface area contributed by atoms with Gasteiger partial charge in [0.15, 0.2) is 5.78 Å². The lowest BCUT2D eigenvalue weighted by atomic mass is 9.86. The minimum Gasteiger partial charge on any atom is -0.497 e. The topological polar surface area (TPSA) is 26.3 Å². The fourth-order valence-electron chi connectivity index (χ4n) is 2.00. The number of halogens is 1. The molecule has 3 heteroatoms. The molecule has 1 aromatic carbocycles. The van der Waals surface area contributed by atoms with Gasteiger partial charge in [-0.05, 0) is 23.8 Å². The van der Waals surface area contributed by atoms with Gasteiger partial charge in [-0.15, -0.1) is 0 Å². The second-order valence-electron chi connectivity index (χ2n) is 4.36. The quantitative estimate of drug-likeness (QED) is 0.733. The maximum absolute atomic E-state index is 11.9. The highest BCUT2D eigenvalue weighted by atomic mass is 79.9. The first kappa shape index (κ1) is 10.7. The number of hydrogen-bond donors (Lipinski definition) is 0. The molecule has 80 valence electrons. The van der Waals surface area contributed by atoms with Crippen molar-refractivity contribution in [2.75, 3.05) is 7.11 Å². The Morgan fingerprint density at radius 1 is 1.40 bits per heavy atom. The number of fused-ring (bicyclic) bond motifs is 1. The highest BCUT2D eigenvalue weighted by Crippen LogP contribution is 2.43. The Labute approximate surface area is 97.8 Å². The van der Waals surface area contributed by atoms with Gasteiger partial charge in [0.25, 0.3) is 0 Å². The molecule has 2 nitrogen and oxygen atoms in total. The summed E-state index contributed by atoms with van der Waals surface area (Å²) in [5.74, 6) is 0.967. The van der Waals surface area contributed by atoms with Gasteiger partial charge in [0, 0.05) is 11.0 Å². The zero-order valence-corrected chi connectivity index (χ0v) is 10.6. The van der Waals surface area contributed by atoms with Crippen LogP contribution in [0.25, 0.3) is 0 Å².